The molecule has 1 aromatic rings. The Morgan fingerprint density at radius 3 is 2.61 bits per heavy atom. The van der Waals surface area contributed by atoms with Crippen molar-refractivity contribution in [2.24, 2.45) is 5.73 Å². The number of halogens is 1. The molecule has 1 spiro atoms. The normalized spacial score (nSPS) is 23.0. The van der Waals surface area contributed by atoms with Crippen molar-refractivity contribution in [3.8, 4) is 0 Å². The fourth-order valence-electron chi connectivity index (χ4n) is 3.94. The van der Waals surface area contributed by atoms with Crippen LogP contribution in [0, 0.1) is 5.82 Å². The van der Waals surface area contributed by atoms with E-state index in [1.807, 2.05) is 26.8 Å². The number of likely N-dealkylation sites (tertiary alicyclic amines) is 1. The molecule has 5 heteroatoms. The second kappa shape index (κ2) is 5.48. The van der Waals surface area contributed by atoms with Crippen LogP contribution >= 0.6 is 0 Å². The number of fused-ring (bicyclic) bond motifs is 2. The van der Waals surface area contributed by atoms with E-state index in [2.05, 4.69) is 0 Å². The number of piperidine rings is 1. The summed E-state index contributed by atoms with van der Waals surface area (Å²) in [6.45, 7) is 6.73. The molecule has 1 aliphatic heterocycles. The molecule has 1 atom stereocenters. The number of hydrogen-bond donors (Lipinski definition) is 1. The van der Waals surface area contributed by atoms with E-state index >= 15 is 0 Å². The second-order valence-corrected chi connectivity index (χ2v) is 7.76. The molecule has 2 N–H and O–H groups in total. The van der Waals surface area contributed by atoms with Gasteiger partial charge < -0.3 is 15.4 Å². The van der Waals surface area contributed by atoms with Crippen molar-refractivity contribution in [2.45, 2.75) is 57.1 Å². The van der Waals surface area contributed by atoms with E-state index in [1.165, 1.54) is 6.07 Å². The number of ether oxygens (including phenoxy) is 1. The van der Waals surface area contributed by atoms with Crippen LogP contribution in [0.5, 0.6) is 0 Å². The second-order valence-electron chi connectivity index (χ2n) is 7.76. The summed E-state index contributed by atoms with van der Waals surface area (Å²) in [6.07, 6.45) is 1.93. The summed E-state index contributed by atoms with van der Waals surface area (Å²) in [5.74, 6) is -0.166. The van der Waals surface area contributed by atoms with Gasteiger partial charge in [0.15, 0.2) is 0 Å². The van der Waals surface area contributed by atoms with Gasteiger partial charge in [-0.2, -0.15) is 0 Å². The van der Waals surface area contributed by atoms with Crippen molar-refractivity contribution in [1.29, 1.82) is 0 Å². The third-order valence-electron chi connectivity index (χ3n) is 4.96. The topological polar surface area (TPSA) is 55.6 Å². The lowest BCUT2D eigenvalue weighted by atomic mass is 9.73. The quantitative estimate of drug-likeness (QED) is 0.796. The maximum atomic E-state index is 14.4. The summed E-state index contributed by atoms with van der Waals surface area (Å²) in [4.78, 5) is 13.9. The first-order valence-electron chi connectivity index (χ1n) is 8.24. The monoisotopic (exact) mass is 320 g/mol. The Kier molecular flexibility index (Phi) is 3.87. The van der Waals surface area contributed by atoms with E-state index < -0.39 is 5.60 Å². The summed E-state index contributed by atoms with van der Waals surface area (Å²) in [7, 11) is 0. The largest absolute Gasteiger partial charge is 0.444 e. The first kappa shape index (κ1) is 16.2. The van der Waals surface area contributed by atoms with Gasteiger partial charge in [0.2, 0.25) is 0 Å². The van der Waals surface area contributed by atoms with E-state index in [0.717, 1.165) is 30.4 Å². The molecule has 0 bridgehead atoms. The van der Waals surface area contributed by atoms with Gasteiger partial charge in [-0.05, 0) is 57.2 Å². The van der Waals surface area contributed by atoms with Crippen LogP contribution in [-0.2, 0) is 10.2 Å². The molecule has 2 aliphatic rings. The highest BCUT2D eigenvalue weighted by molar-refractivity contribution is 5.68. The number of rotatable bonds is 0. The van der Waals surface area contributed by atoms with Crippen LogP contribution < -0.4 is 5.73 Å². The Balaban J connectivity index is 1.77. The van der Waals surface area contributed by atoms with Crippen molar-refractivity contribution in [3.05, 3.63) is 35.1 Å². The van der Waals surface area contributed by atoms with Gasteiger partial charge in [-0.25, -0.2) is 9.18 Å². The lowest BCUT2D eigenvalue weighted by molar-refractivity contribution is 0.0161. The Bertz CT molecular complexity index is 616. The number of amides is 1. The molecule has 1 amide bonds. The molecule has 4 nitrogen and oxygen atoms in total. The van der Waals surface area contributed by atoms with Crippen molar-refractivity contribution in [2.75, 3.05) is 13.1 Å². The number of hydrogen-bond acceptors (Lipinski definition) is 3. The third-order valence-corrected chi connectivity index (χ3v) is 4.96. The van der Waals surface area contributed by atoms with Crippen LogP contribution in [0.2, 0.25) is 0 Å². The minimum absolute atomic E-state index is 0.117. The molecule has 3 rings (SSSR count). The van der Waals surface area contributed by atoms with Crippen LogP contribution in [0.3, 0.4) is 0 Å². The average Bonchev–Trinajstić information content (AvgIpc) is 2.72. The summed E-state index contributed by atoms with van der Waals surface area (Å²) < 4.78 is 19.8. The molecule has 1 heterocycles. The molecule has 1 aromatic carbocycles. The predicted octanol–water partition coefficient (Wildman–Crippen LogP) is 3.50. The first-order valence-corrected chi connectivity index (χ1v) is 8.24. The minimum atomic E-state index is -0.499. The van der Waals surface area contributed by atoms with E-state index in [4.69, 9.17) is 10.5 Å². The zero-order chi connectivity index (χ0) is 16.8. The molecule has 126 valence electrons. The SMILES string of the molecule is CC(C)(C)OC(=O)N1CCC2(CC1)CC(N)c1cccc(F)c12. The van der Waals surface area contributed by atoms with Crippen molar-refractivity contribution >= 4 is 6.09 Å². The molecule has 23 heavy (non-hydrogen) atoms. The van der Waals surface area contributed by atoms with Gasteiger partial charge >= 0.3 is 6.09 Å². The maximum Gasteiger partial charge on any atom is 0.410 e. The van der Waals surface area contributed by atoms with Crippen molar-refractivity contribution < 1.29 is 13.9 Å². The zero-order valence-corrected chi connectivity index (χ0v) is 14.1. The number of carbonyl (C=O) groups excluding carboxylic acids is 1. The van der Waals surface area contributed by atoms with E-state index in [0.29, 0.717) is 13.1 Å². The van der Waals surface area contributed by atoms with E-state index in [1.54, 1.807) is 11.0 Å². The number of benzene rings is 1. The van der Waals surface area contributed by atoms with E-state index in [-0.39, 0.29) is 23.4 Å². The third kappa shape index (κ3) is 2.94. The highest BCUT2D eigenvalue weighted by atomic mass is 19.1. The van der Waals surface area contributed by atoms with Gasteiger partial charge in [0, 0.05) is 24.5 Å². The molecule has 1 unspecified atom stereocenters. The number of nitrogens with zero attached hydrogens (tertiary/aromatic N) is 1. The highest BCUT2D eigenvalue weighted by Crippen LogP contribution is 2.50. The number of carbonyl (C=O) groups is 1. The van der Waals surface area contributed by atoms with Crippen molar-refractivity contribution in [3.63, 3.8) is 0 Å². The Morgan fingerprint density at radius 2 is 2.00 bits per heavy atom. The molecule has 1 saturated heterocycles. The van der Waals surface area contributed by atoms with Crippen LogP contribution in [-0.4, -0.2) is 29.7 Å². The Labute approximate surface area is 136 Å². The minimum Gasteiger partial charge on any atom is -0.444 e. The molecule has 1 fully saturated rings. The van der Waals surface area contributed by atoms with Gasteiger partial charge in [0.25, 0.3) is 0 Å². The van der Waals surface area contributed by atoms with Crippen LogP contribution in [0.15, 0.2) is 18.2 Å². The maximum absolute atomic E-state index is 14.4. The molecular weight excluding hydrogens is 295 g/mol. The van der Waals surface area contributed by atoms with E-state index in [9.17, 15) is 9.18 Å². The van der Waals surface area contributed by atoms with Gasteiger partial charge in [0.1, 0.15) is 11.4 Å². The zero-order valence-electron chi connectivity index (χ0n) is 14.1. The molecule has 0 aromatic heterocycles. The van der Waals surface area contributed by atoms with Crippen molar-refractivity contribution in [1.82, 2.24) is 4.90 Å². The first-order chi connectivity index (χ1) is 10.7. The molecular formula is C18H25FN2O2. The highest BCUT2D eigenvalue weighted by Gasteiger charge is 2.47. The van der Waals surface area contributed by atoms with Crippen LogP contribution in [0.25, 0.3) is 0 Å². The lowest BCUT2D eigenvalue weighted by Gasteiger charge is -2.40. The fraction of sp³-hybridized carbons (Fsp3) is 0.611. The Morgan fingerprint density at radius 1 is 1.35 bits per heavy atom. The predicted molar refractivity (Wildman–Crippen MR) is 86.7 cm³/mol. The lowest BCUT2D eigenvalue weighted by Crippen LogP contribution is -2.46. The summed E-state index contributed by atoms with van der Waals surface area (Å²) in [5, 5.41) is 0. The van der Waals surface area contributed by atoms with Gasteiger partial charge in [-0.3, -0.25) is 0 Å². The Hall–Kier alpha value is -1.62. The standard InChI is InChI=1S/C18H25FN2O2/c1-17(2,3)23-16(22)21-9-7-18(8-10-21)11-14(20)12-5-4-6-13(19)15(12)18/h4-6,14H,7-11,20H2,1-3H3. The van der Waals surface area contributed by atoms with Gasteiger partial charge in [-0.15, -0.1) is 0 Å². The van der Waals surface area contributed by atoms with Gasteiger partial charge in [0.05, 0.1) is 0 Å². The average molecular weight is 320 g/mol. The number of nitrogens with two attached hydrogens (primary N) is 1. The van der Waals surface area contributed by atoms with Crippen LogP contribution in [0.1, 0.15) is 57.2 Å². The summed E-state index contributed by atoms with van der Waals surface area (Å²) in [5.41, 5.74) is 7.19. The van der Waals surface area contributed by atoms with Crippen LogP contribution in [0.4, 0.5) is 9.18 Å². The molecule has 0 saturated carbocycles. The molecule has 0 radical (unpaired) electrons. The summed E-state index contributed by atoms with van der Waals surface area (Å²) in [6, 6.07) is 5.05. The van der Waals surface area contributed by atoms with Gasteiger partial charge in [-0.1, -0.05) is 12.1 Å². The summed E-state index contributed by atoms with van der Waals surface area (Å²) >= 11 is 0. The smallest absolute Gasteiger partial charge is 0.410 e. The fourth-order valence-corrected chi connectivity index (χ4v) is 3.94. The molecule has 1 aliphatic carbocycles.